The highest BCUT2D eigenvalue weighted by molar-refractivity contribution is 5.87. The lowest BCUT2D eigenvalue weighted by atomic mass is 10.1. The minimum Gasteiger partial charge on any atom is -0.346 e. The standard InChI is InChI=1S/C15H20N4O/c1-11-10-18(2)6-7-19(11)14(20)8-12-9-17-15-13(12)4-3-5-16-15/h3-5,9,11H,6-8,10H2,1-2H3,(H,16,17). The van der Waals surface area contributed by atoms with Gasteiger partial charge in [-0.15, -0.1) is 0 Å². The zero-order chi connectivity index (χ0) is 14.1. The van der Waals surface area contributed by atoms with Crippen molar-refractivity contribution in [1.29, 1.82) is 0 Å². The lowest BCUT2D eigenvalue weighted by Crippen LogP contribution is -2.53. The molecule has 5 nitrogen and oxygen atoms in total. The largest absolute Gasteiger partial charge is 0.346 e. The van der Waals surface area contributed by atoms with Gasteiger partial charge in [0.1, 0.15) is 5.65 Å². The Morgan fingerprint density at radius 3 is 3.15 bits per heavy atom. The number of aromatic amines is 1. The molecule has 0 saturated carbocycles. The van der Waals surface area contributed by atoms with E-state index in [1.54, 1.807) is 6.20 Å². The molecule has 106 valence electrons. The van der Waals surface area contributed by atoms with Crippen LogP contribution in [0.5, 0.6) is 0 Å². The van der Waals surface area contributed by atoms with E-state index in [9.17, 15) is 4.79 Å². The molecule has 2 aromatic rings. The van der Waals surface area contributed by atoms with Gasteiger partial charge in [-0.3, -0.25) is 4.79 Å². The van der Waals surface area contributed by atoms with Gasteiger partial charge < -0.3 is 14.8 Å². The molecule has 1 N–H and O–H groups in total. The summed E-state index contributed by atoms with van der Waals surface area (Å²) in [6.07, 6.45) is 4.10. The van der Waals surface area contributed by atoms with Gasteiger partial charge in [0.25, 0.3) is 0 Å². The summed E-state index contributed by atoms with van der Waals surface area (Å²) < 4.78 is 0. The zero-order valence-corrected chi connectivity index (χ0v) is 12.0. The number of H-pyrrole nitrogens is 1. The van der Waals surface area contributed by atoms with Crippen molar-refractivity contribution in [2.75, 3.05) is 26.7 Å². The molecule has 1 fully saturated rings. The lowest BCUT2D eigenvalue weighted by Gasteiger charge is -2.38. The van der Waals surface area contributed by atoms with Crippen LogP contribution < -0.4 is 0 Å². The second-order valence-electron chi connectivity index (χ2n) is 5.59. The van der Waals surface area contributed by atoms with Crippen molar-refractivity contribution in [3.05, 3.63) is 30.1 Å². The monoisotopic (exact) mass is 272 g/mol. The molecule has 1 saturated heterocycles. The van der Waals surface area contributed by atoms with E-state index in [-0.39, 0.29) is 11.9 Å². The summed E-state index contributed by atoms with van der Waals surface area (Å²) in [7, 11) is 2.10. The first-order valence-electron chi connectivity index (χ1n) is 7.04. The Morgan fingerprint density at radius 1 is 1.50 bits per heavy atom. The summed E-state index contributed by atoms with van der Waals surface area (Å²) in [5.41, 5.74) is 1.88. The van der Waals surface area contributed by atoms with Crippen molar-refractivity contribution >= 4 is 16.9 Å². The van der Waals surface area contributed by atoms with Gasteiger partial charge in [-0.1, -0.05) is 0 Å². The van der Waals surface area contributed by atoms with Gasteiger partial charge in [0.05, 0.1) is 6.42 Å². The molecule has 0 radical (unpaired) electrons. The fourth-order valence-corrected chi connectivity index (χ4v) is 2.93. The highest BCUT2D eigenvalue weighted by Gasteiger charge is 2.26. The number of amides is 1. The molecule has 2 aromatic heterocycles. The Morgan fingerprint density at radius 2 is 2.35 bits per heavy atom. The van der Waals surface area contributed by atoms with Crippen LogP contribution >= 0.6 is 0 Å². The summed E-state index contributed by atoms with van der Waals surface area (Å²) >= 11 is 0. The summed E-state index contributed by atoms with van der Waals surface area (Å²) in [6, 6.07) is 4.20. The molecule has 0 spiro atoms. The molecule has 0 bridgehead atoms. The zero-order valence-electron chi connectivity index (χ0n) is 12.0. The predicted octanol–water partition coefficient (Wildman–Crippen LogP) is 1.27. The van der Waals surface area contributed by atoms with Gasteiger partial charge in [-0.25, -0.2) is 4.98 Å². The molecule has 3 heterocycles. The number of likely N-dealkylation sites (N-methyl/N-ethyl adjacent to an activating group) is 1. The summed E-state index contributed by atoms with van der Waals surface area (Å²) in [5, 5.41) is 1.04. The fourth-order valence-electron chi connectivity index (χ4n) is 2.93. The van der Waals surface area contributed by atoms with Crippen LogP contribution in [0.2, 0.25) is 0 Å². The number of nitrogens with one attached hydrogen (secondary N) is 1. The number of rotatable bonds is 2. The first kappa shape index (κ1) is 13.1. The number of carbonyl (C=O) groups is 1. The fraction of sp³-hybridized carbons (Fsp3) is 0.467. The number of carbonyl (C=O) groups excluding carboxylic acids is 1. The summed E-state index contributed by atoms with van der Waals surface area (Å²) in [5.74, 6) is 0.204. The Balaban J connectivity index is 1.76. The van der Waals surface area contributed by atoms with Gasteiger partial charge in [-0.05, 0) is 31.7 Å². The molecule has 20 heavy (non-hydrogen) atoms. The van der Waals surface area contributed by atoms with E-state index in [1.807, 2.05) is 23.2 Å². The van der Waals surface area contributed by atoms with Crippen LogP contribution in [0.4, 0.5) is 0 Å². The van der Waals surface area contributed by atoms with E-state index in [0.717, 1.165) is 36.2 Å². The SMILES string of the molecule is CC1CN(C)CCN1C(=O)Cc1c[nH]c2ncccc12. The molecule has 1 unspecified atom stereocenters. The second-order valence-corrected chi connectivity index (χ2v) is 5.59. The first-order chi connectivity index (χ1) is 9.65. The summed E-state index contributed by atoms with van der Waals surface area (Å²) in [6.45, 7) is 4.83. The van der Waals surface area contributed by atoms with Gasteiger partial charge >= 0.3 is 0 Å². The maximum Gasteiger partial charge on any atom is 0.227 e. The van der Waals surface area contributed by atoms with Crippen LogP contribution in [0.15, 0.2) is 24.5 Å². The topological polar surface area (TPSA) is 52.2 Å². The van der Waals surface area contributed by atoms with Crippen LogP contribution in [-0.2, 0) is 11.2 Å². The average Bonchev–Trinajstić information content (AvgIpc) is 2.82. The van der Waals surface area contributed by atoms with Gasteiger partial charge in [0.15, 0.2) is 0 Å². The smallest absolute Gasteiger partial charge is 0.227 e. The van der Waals surface area contributed by atoms with Gasteiger partial charge in [-0.2, -0.15) is 0 Å². The highest BCUT2D eigenvalue weighted by Crippen LogP contribution is 2.18. The Kier molecular flexibility index (Phi) is 3.44. The van der Waals surface area contributed by atoms with E-state index in [1.165, 1.54) is 0 Å². The van der Waals surface area contributed by atoms with E-state index >= 15 is 0 Å². The van der Waals surface area contributed by atoms with E-state index in [0.29, 0.717) is 6.42 Å². The first-order valence-corrected chi connectivity index (χ1v) is 7.04. The second kappa shape index (κ2) is 5.25. The minimum atomic E-state index is 0.204. The van der Waals surface area contributed by atoms with Crippen molar-refractivity contribution < 1.29 is 4.79 Å². The number of hydrogen-bond acceptors (Lipinski definition) is 3. The third kappa shape index (κ3) is 2.41. The molecule has 5 heteroatoms. The van der Waals surface area contributed by atoms with Crippen LogP contribution in [0, 0.1) is 0 Å². The Bertz CT molecular complexity index is 621. The van der Waals surface area contributed by atoms with E-state index in [4.69, 9.17) is 0 Å². The molecule has 0 aromatic carbocycles. The average molecular weight is 272 g/mol. The van der Waals surface area contributed by atoms with E-state index in [2.05, 4.69) is 28.8 Å². The maximum absolute atomic E-state index is 12.5. The molecular weight excluding hydrogens is 252 g/mol. The van der Waals surface area contributed by atoms with Gasteiger partial charge in [0, 0.05) is 43.5 Å². The number of pyridine rings is 1. The molecule has 1 amide bonds. The van der Waals surface area contributed by atoms with Crippen LogP contribution in [0.25, 0.3) is 11.0 Å². The van der Waals surface area contributed by atoms with Gasteiger partial charge in [0.2, 0.25) is 5.91 Å². The number of fused-ring (bicyclic) bond motifs is 1. The van der Waals surface area contributed by atoms with Crippen molar-refractivity contribution in [2.45, 2.75) is 19.4 Å². The number of nitrogens with zero attached hydrogens (tertiary/aromatic N) is 3. The third-order valence-corrected chi connectivity index (χ3v) is 4.03. The summed E-state index contributed by atoms with van der Waals surface area (Å²) in [4.78, 5) is 24.1. The number of piperazine rings is 1. The van der Waals surface area contributed by atoms with Crippen LogP contribution in [0.3, 0.4) is 0 Å². The molecule has 1 aliphatic heterocycles. The number of hydrogen-bond donors (Lipinski definition) is 1. The normalized spacial score (nSPS) is 20.5. The molecule has 1 atom stereocenters. The Labute approximate surface area is 118 Å². The lowest BCUT2D eigenvalue weighted by molar-refractivity contribution is -0.134. The van der Waals surface area contributed by atoms with Crippen LogP contribution in [0.1, 0.15) is 12.5 Å². The highest BCUT2D eigenvalue weighted by atomic mass is 16.2. The predicted molar refractivity (Wildman–Crippen MR) is 78.5 cm³/mol. The van der Waals surface area contributed by atoms with Crippen molar-refractivity contribution in [3.8, 4) is 0 Å². The van der Waals surface area contributed by atoms with Crippen LogP contribution in [-0.4, -0.2) is 58.4 Å². The number of aromatic nitrogens is 2. The molecule has 3 rings (SSSR count). The maximum atomic E-state index is 12.5. The minimum absolute atomic E-state index is 0.204. The molecule has 0 aliphatic carbocycles. The molecular formula is C15H20N4O. The van der Waals surface area contributed by atoms with Crippen molar-refractivity contribution in [2.24, 2.45) is 0 Å². The molecule has 1 aliphatic rings. The van der Waals surface area contributed by atoms with Crippen molar-refractivity contribution in [3.63, 3.8) is 0 Å². The van der Waals surface area contributed by atoms with E-state index < -0.39 is 0 Å². The Hall–Kier alpha value is -1.88. The van der Waals surface area contributed by atoms with Crippen molar-refractivity contribution in [1.82, 2.24) is 19.8 Å². The third-order valence-electron chi connectivity index (χ3n) is 4.03. The quantitative estimate of drug-likeness (QED) is 0.895.